The van der Waals surface area contributed by atoms with Crippen molar-refractivity contribution < 1.29 is 14.3 Å². The van der Waals surface area contributed by atoms with Crippen molar-refractivity contribution in [2.75, 3.05) is 20.2 Å². The van der Waals surface area contributed by atoms with E-state index in [-0.39, 0.29) is 23.7 Å². The maximum absolute atomic E-state index is 12.4. The van der Waals surface area contributed by atoms with Gasteiger partial charge in [0.05, 0.1) is 7.11 Å². The van der Waals surface area contributed by atoms with Crippen molar-refractivity contribution in [2.24, 2.45) is 11.8 Å². The fourth-order valence-electron chi connectivity index (χ4n) is 2.80. The molecule has 1 heterocycles. The van der Waals surface area contributed by atoms with Crippen LogP contribution in [0, 0.1) is 11.8 Å². The predicted molar refractivity (Wildman–Crippen MR) is 80.8 cm³/mol. The van der Waals surface area contributed by atoms with Crippen LogP contribution in [0.15, 0.2) is 43.0 Å². The minimum absolute atomic E-state index is 0.0407. The van der Waals surface area contributed by atoms with Gasteiger partial charge in [-0.1, -0.05) is 24.3 Å². The second kappa shape index (κ2) is 7.07. The van der Waals surface area contributed by atoms with Crippen LogP contribution in [0.3, 0.4) is 0 Å². The van der Waals surface area contributed by atoms with Gasteiger partial charge in [-0.25, -0.2) is 0 Å². The van der Waals surface area contributed by atoms with Crippen LogP contribution in [0.2, 0.25) is 0 Å². The molecule has 21 heavy (non-hydrogen) atoms. The number of carbonyl (C=O) groups excluding carboxylic acids is 2. The van der Waals surface area contributed by atoms with Crippen molar-refractivity contribution in [1.82, 2.24) is 4.90 Å². The Kier molecular flexibility index (Phi) is 5.14. The molecule has 0 radical (unpaired) electrons. The van der Waals surface area contributed by atoms with E-state index in [0.29, 0.717) is 25.1 Å². The summed E-state index contributed by atoms with van der Waals surface area (Å²) in [4.78, 5) is 25.7. The Hall–Kier alpha value is -2.10. The van der Waals surface area contributed by atoms with Gasteiger partial charge in [-0.2, -0.15) is 0 Å². The van der Waals surface area contributed by atoms with Crippen LogP contribution < -0.4 is 0 Å². The molecule has 0 unspecified atom stereocenters. The third kappa shape index (κ3) is 3.72. The van der Waals surface area contributed by atoms with Gasteiger partial charge in [-0.3, -0.25) is 9.59 Å². The lowest BCUT2D eigenvalue weighted by atomic mass is 9.83. The molecule has 0 spiro atoms. The number of methoxy groups -OCH3 is 1. The van der Waals surface area contributed by atoms with Crippen LogP contribution in [0.1, 0.15) is 23.2 Å². The number of hydrogen-bond acceptors (Lipinski definition) is 3. The normalized spacial score (nSPS) is 21.7. The molecule has 4 nitrogen and oxygen atoms in total. The number of carbonyl (C=O) groups is 2. The number of esters is 1. The smallest absolute Gasteiger partial charge is 0.305 e. The summed E-state index contributed by atoms with van der Waals surface area (Å²) >= 11 is 0. The number of likely N-dealkylation sites (tertiary alicyclic amines) is 1. The van der Waals surface area contributed by atoms with Crippen LogP contribution in [-0.2, 0) is 9.53 Å². The number of benzene rings is 1. The molecule has 1 aliphatic rings. The van der Waals surface area contributed by atoms with Gasteiger partial charge in [0.15, 0.2) is 0 Å². The van der Waals surface area contributed by atoms with E-state index in [1.807, 2.05) is 41.3 Å². The van der Waals surface area contributed by atoms with E-state index in [1.165, 1.54) is 7.11 Å². The lowest BCUT2D eigenvalue weighted by molar-refractivity contribution is -0.142. The first-order chi connectivity index (χ1) is 10.2. The molecule has 1 aromatic carbocycles. The van der Waals surface area contributed by atoms with Gasteiger partial charge in [0.1, 0.15) is 0 Å². The molecule has 1 fully saturated rings. The summed E-state index contributed by atoms with van der Waals surface area (Å²) < 4.78 is 4.74. The SMILES string of the molecule is C=C[C@@H]1CN(C(=O)c2ccccc2)CC[C@H]1CC(=O)OC. The van der Waals surface area contributed by atoms with Gasteiger partial charge in [0.25, 0.3) is 5.91 Å². The van der Waals surface area contributed by atoms with Crippen LogP contribution in [-0.4, -0.2) is 37.0 Å². The molecule has 1 aromatic rings. The Morgan fingerprint density at radius 3 is 2.71 bits per heavy atom. The Morgan fingerprint density at radius 1 is 1.38 bits per heavy atom. The number of ether oxygens (including phenoxy) is 1. The van der Waals surface area contributed by atoms with Gasteiger partial charge in [0.2, 0.25) is 0 Å². The Bertz CT molecular complexity index is 512. The monoisotopic (exact) mass is 287 g/mol. The summed E-state index contributed by atoms with van der Waals surface area (Å²) in [6.07, 6.45) is 3.03. The van der Waals surface area contributed by atoms with Gasteiger partial charge in [0, 0.05) is 25.1 Å². The molecule has 0 aliphatic carbocycles. The Balaban J connectivity index is 2.02. The largest absolute Gasteiger partial charge is 0.469 e. The zero-order valence-corrected chi connectivity index (χ0v) is 12.3. The van der Waals surface area contributed by atoms with Crippen molar-refractivity contribution in [3.8, 4) is 0 Å². The van der Waals surface area contributed by atoms with Crippen molar-refractivity contribution in [1.29, 1.82) is 0 Å². The molecular weight excluding hydrogens is 266 g/mol. The number of piperidine rings is 1. The van der Waals surface area contributed by atoms with Crippen LogP contribution >= 0.6 is 0 Å². The number of amides is 1. The first-order valence-electron chi connectivity index (χ1n) is 7.19. The molecule has 112 valence electrons. The summed E-state index contributed by atoms with van der Waals surface area (Å²) in [5.74, 6) is 0.175. The summed E-state index contributed by atoms with van der Waals surface area (Å²) in [5.41, 5.74) is 0.701. The minimum Gasteiger partial charge on any atom is -0.469 e. The third-order valence-corrected chi connectivity index (χ3v) is 4.07. The fraction of sp³-hybridized carbons (Fsp3) is 0.412. The highest BCUT2D eigenvalue weighted by molar-refractivity contribution is 5.94. The molecule has 2 rings (SSSR count). The molecule has 1 aliphatic heterocycles. The van der Waals surface area contributed by atoms with E-state index in [1.54, 1.807) is 0 Å². The molecule has 0 aromatic heterocycles. The standard InChI is InChI=1S/C17H21NO3/c1-3-13-12-18(10-9-15(13)11-16(19)21-2)17(20)14-7-5-4-6-8-14/h3-8,13,15H,1,9-12H2,2H3/t13-,15+/m1/s1. The molecule has 0 bridgehead atoms. The average Bonchev–Trinajstić information content (AvgIpc) is 2.55. The molecular formula is C17H21NO3. The van der Waals surface area contributed by atoms with E-state index >= 15 is 0 Å². The Morgan fingerprint density at radius 2 is 2.10 bits per heavy atom. The molecule has 1 saturated heterocycles. The lowest BCUT2D eigenvalue weighted by Gasteiger charge is -2.37. The van der Waals surface area contributed by atoms with Gasteiger partial charge < -0.3 is 9.64 Å². The molecule has 0 saturated carbocycles. The topological polar surface area (TPSA) is 46.6 Å². The average molecular weight is 287 g/mol. The number of rotatable bonds is 4. The second-order valence-electron chi connectivity index (χ2n) is 5.35. The second-order valence-corrected chi connectivity index (χ2v) is 5.35. The van der Waals surface area contributed by atoms with Crippen molar-refractivity contribution >= 4 is 11.9 Å². The first-order valence-corrected chi connectivity index (χ1v) is 7.19. The predicted octanol–water partition coefficient (Wildman–Crippen LogP) is 2.51. The third-order valence-electron chi connectivity index (χ3n) is 4.07. The van der Waals surface area contributed by atoms with Crippen LogP contribution in [0.5, 0.6) is 0 Å². The van der Waals surface area contributed by atoms with E-state index in [2.05, 4.69) is 6.58 Å². The Labute approximate surface area is 125 Å². The summed E-state index contributed by atoms with van der Waals surface area (Å²) in [7, 11) is 1.40. The molecule has 4 heteroatoms. The fourth-order valence-corrected chi connectivity index (χ4v) is 2.80. The zero-order valence-electron chi connectivity index (χ0n) is 12.3. The first kappa shape index (κ1) is 15.3. The van der Waals surface area contributed by atoms with Crippen molar-refractivity contribution in [3.63, 3.8) is 0 Å². The molecule has 2 atom stereocenters. The summed E-state index contributed by atoms with van der Waals surface area (Å²) in [6, 6.07) is 9.27. The van der Waals surface area contributed by atoms with E-state index in [0.717, 1.165) is 6.42 Å². The quantitative estimate of drug-likeness (QED) is 0.631. The van der Waals surface area contributed by atoms with Gasteiger partial charge >= 0.3 is 5.97 Å². The highest BCUT2D eigenvalue weighted by atomic mass is 16.5. The maximum atomic E-state index is 12.4. The number of hydrogen-bond donors (Lipinski definition) is 0. The highest BCUT2D eigenvalue weighted by Crippen LogP contribution is 2.28. The van der Waals surface area contributed by atoms with E-state index in [4.69, 9.17) is 4.74 Å². The summed E-state index contributed by atoms with van der Waals surface area (Å²) in [5, 5.41) is 0. The van der Waals surface area contributed by atoms with Crippen molar-refractivity contribution in [2.45, 2.75) is 12.8 Å². The lowest BCUT2D eigenvalue weighted by Crippen LogP contribution is -2.43. The minimum atomic E-state index is -0.199. The van der Waals surface area contributed by atoms with Crippen LogP contribution in [0.4, 0.5) is 0 Å². The van der Waals surface area contributed by atoms with Gasteiger partial charge in [-0.05, 0) is 30.4 Å². The number of nitrogens with zero attached hydrogens (tertiary/aromatic N) is 1. The van der Waals surface area contributed by atoms with Crippen LogP contribution in [0.25, 0.3) is 0 Å². The highest BCUT2D eigenvalue weighted by Gasteiger charge is 2.31. The molecule has 1 amide bonds. The van der Waals surface area contributed by atoms with E-state index < -0.39 is 0 Å². The zero-order chi connectivity index (χ0) is 15.2. The summed E-state index contributed by atoms with van der Waals surface area (Å²) in [6.45, 7) is 5.12. The molecule has 0 N–H and O–H groups in total. The maximum Gasteiger partial charge on any atom is 0.305 e. The van der Waals surface area contributed by atoms with Gasteiger partial charge in [-0.15, -0.1) is 6.58 Å². The van der Waals surface area contributed by atoms with E-state index in [9.17, 15) is 9.59 Å². The van der Waals surface area contributed by atoms with Crippen molar-refractivity contribution in [3.05, 3.63) is 48.6 Å².